The van der Waals surface area contributed by atoms with E-state index in [-0.39, 0.29) is 6.61 Å². The van der Waals surface area contributed by atoms with Crippen molar-refractivity contribution in [3.05, 3.63) is 35.9 Å². The highest BCUT2D eigenvalue weighted by Gasteiger charge is 2.12. The standard InChI is InChI=1S/C23H42N4O3/c1-2-25-10-8-24-9-11-27(22-23-6-4-3-5-7-23)13-12-26(15-19-29-18-14-25)16-20-30-21-17-28/h3-7,24,28H,2,8-22H2,1H3. The van der Waals surface area contributed by atoms with Crippen molar-refractivity contribution in [3.63, 3.8) is 0 Å². The summed E-state index contributed by atoms with van der Waals surface area (Å²) in [5.74, 6) is 0. The number of aliphatic hydroxyl groups excluding tert-OH is 1. The van der Waals surface area contributed by atoms with Gasteiger partial charge in [-0.25, -0.2) is 0 Å². The van der Waals surface area contributed by atoms with E-state index in [2.05, 4.69) is 57.3 Å². The first-order valence-electron chi connectivity index (χ1n) is 11.5. The number of rotatable bonds is 8. The SMILES string of the molecule is CCN1CCNCCN(Cc2ccccc2)CCN(CCOCCO)CCOCC1. The fraction of sp³-hybridized carbons (Fsp3) is 0.739. The van der Waals surface area contributed by atoms with Crippen LogP contribution in [0.5, 0.6) is 0 Å². The van der Waals surface area contributed by atoms with Gasteiger partial charge in [-0.15, -0.1) is 0 Å². The van der Waals surface area contributed by atoms with Gasteiger partial charge in [0.15, 0.2) is 0 Å². The molecule has 2 rings (SSSR count). The maximum Gasteiger partial charge on any atom is 0.0698 e. The van der Waals surface area contributed by atoms with Crippen molar-refractivity contribution in [1.82, 2.24) is 20.0 Å². The molecule has 1 heterocycles. The highest BCUT2D eigenvalue weighted by atomic mass is 16.5. The highest BCUT2D eigenvalue weighted by molar-refractivity contribution is 5.14. The van der Waals surface area contributed by atoms with Crippen molar-refractivity contribution in [2.75, 3.05) is 98.5 Å². The van der Waals surface area contributed by atoms with E-state index in [0.717, 1.165) is 85.2 Å². The summed E-state index contributed by atoms with van der Waals surface area (Å²) in [6.07, 6.45) is 0. The van der Waals surface area contributed by atoms with Gasteiger partial charge >= 0.3 is 0 Å². The second-order valence-corrected chi connectivity index (χ2v) is 7.74. The van der Waals surface area contributed by atoms with Crippen LogP contribution in [0.4, 0.5) is 0 Å². The van der Waals surface area contributed by atoms with Gasteiger partial charge in [0.2, 0.25) is 0 Å². The summed E-state index contributed by atoms with van der Waals surface area (Å²) < 4.78 is 11.4. The fourth-order valence-corrected chi connectivity index (χ4v) is 3.61. The third kappa shape index (κ3) is 11.4. The summed E-state index contributed by atoms with van der Waals surface area (Å²) in [4.78, 5) is 7.39. The minimum absolute atomic E-state index is 0.0783. The van der Waals surface area contributed by atoms with Crippen LogP contribution in [0.15, 0.2) is 30.3 Å². The van der Waals surface area contributed by atoms with Crippen molar-refractivity contribution in [3.8, 4) is 0 Å². The van der Waals surface area contributed by atoms with E-state index in [0.29, 0.717) is 13.2 Å². The van der Waals surface area contributed by atoms with Crippen LogP contribution in [0, 0.1) is 0 Å². The molecule has 1 saturated heterocycles. The van der Waals surface area contributed by atoms with Crippen LogP contribution < -0.4 is 5.32 Å². The van der Waals surface area contributed by atoms with E-state index in [1.165, 1.54) is 5.56 Å². The van der Waals surface area contributed by atoms with Crippen LogP contribution in [0.1, 0.15) is 12.5 Å². The Kier molecular flexibility index (Phi) is 14.0. The van der Waals surface area contributed by atoms with Gasteiger partial charge in [0.25, 0.3) is 0 Å². The lowest BCUT2D eigenvalue weighted by Gasteiger charge is -2.28. The van der Waals surface area contributed by atoms with E-state index in [1.54, 1.807) is 0 Å². The lowest BCUT2D eigenvalue weighted by molar-refractivity contribution is 0.0519. The minimum atomic E-state index is 0.0783. The fourth-order valence-electron chi connectivity index (χ4n) is 3.61. The van der Waals surface area contributed by atoms with E-state index in [1.807, 2.05) is 0 Å². The van der Waals surface area contributed by atoms with Crippen molar-refractivity contribution in [2.45, 2.75) is 13.5 Å². The van der Waals surface area contributed by atoms with Gasteiger partial charge in [0, 0.05) is 65.4 Å². The zero-order valence-corrected chi connectivity index (χ0v) is 18.8. The van der Waals surface area contributed by atoms with Crippen molar-refractivity contribution >= 4 is 0 Å². The normalized spacial score (nSPS) is 19.9. The molecule has 0 aromatic heterocycles. The van der Waals surface area contributed by atoms with Gasteiger partial charge < -0.3 is 24.8 Å². The number of ether oxygens (including phenoxy) is 2. The van der Waals surface area contributed by atoms with Crippen LogP contribution in [-0.4, -0.2) is 118 Å². The third-order valence-electron chi connectivity index (χ3n) is 5.53. The van der Waals surface area contributed by atoms with Crippen LogP contribution in [-0.2, 0) is 16.0 Å². The Morgan fingerprint density at radius 2 is 1.60 bits per heavy atom. The Bertz CT molecular complexity index is 520. The molecule has 0 radical (unpaired) electrons. The topological polar surface area (TPSA) is 60.4 Å². The van der Waals surface area contributed by atoms with E-state index in [9.17, 15) is 0 Å². The monoisotopic (exact) mass is 422 g/mol. The molecule has 0 unspecified atom stereocenters. The molecule has 0 saturated carbocycles. The quantitative estimate of drug-likeness (QED) is 0.599. The average molecular weight is 423 g/mol. The van der Waals surface area contributed by atoms with Gasteiger partial charge in [0.05, 0.1) is 33.0 Å². The molecule has 172 valence electrons. The summed E-state index contributed by atoms with van der Waals surface area (Å²) in [7, 11) is 0. The smallest absolute Gasteiger partial charge is 0.0698 e. The molecule has 1 aromatic carbocycles. The molecule has 0 amide bonds. The number of likely N-dealkylation sites (N-methyl/N-ethyl adjacent to an activating group) is 1. The second kappa shape index (κ2) is 16.6. The first-order chi connectivity index (χ1) is 14.8. The number of hydrogen-bond donors (Lipinski definition) is 2. The van der Waals surface area contributed by atoms with Crippen LogP contribution in [0.3, 0.4) is 0 Å². The Labute approximate surface area is 182 Å². The first kappa shape index (κ1) is 25.2. The number of nitrogens with one attached hydrogen (secondary N) is 1. The summed E-state index contributed by atoms with van der Waals surface area (Å²) in [6, 6.07) is 10.7. The summed E-state index contributed by atoms with van der Waals surface area (Å²) in [5, 5.41) is 12.5. The molecule has 0 spiro atoms. The molecule has 7 nitrogen and oxygen atoms in total. The number of nitrogens with zero attached hydrogens (tertiary/aromatic N) is 3. The van der Waals surface area contributed by atoms with Crippen LogP contribution in [0.2, 0.25) is 0 Å². The molecular weight excluding hydrogens is 380 g/mol. The lowest BCUT2D eigenvalue weighted by Crippen LogP contribution is -2.41. The molecule has 1 aromatic rings. The summed E-state index contributed by atoms with van der Waals surface area (Å²) >= 11 is 0. The Balaban J connectivity index is 1.92. The highest BCUT2D eigenvalue weighted by Crippen LogP contribution is 2.05. The Morgan fingerprint density at radius 3 is 2.33 bits per heavy atom. The average Bonchev–Trinajstić information content (AvgIpc) is 2.78. The Hall–Kier alpha value is -1.06. The molecule has 1 fully saturated rings. The number of aliphatic hydroxyl groups is 1. The second-order valence-electron chi connectivity index (χ2n) is 7.74. The van der Waals surface area contributed by atoms with Crippen molar-refractivity contribution < 1.29 is 14.6 Å². The molecule has 30 heavy (non-hydrogen) atoms. The zero-order valence-electron chi connectivity index (χ0n) is 18.8. The largest absolute Gasteiger partial charge is 0.394 e. The van der Waals surface area contributed by atoms with Gasteiger partial charge in [-0.1, -0.05) is 37.3 Å². The summed E-state index contributed by atoms with van der Waals surface area (Å²) in [5.41, 5.74) is 1.36. The predicted octanol–water partition coefficient (Wildman–Crippen LogP) is 0.741. The lowest BCUT2D eigenvalue weighted by atomic mass is 10.2. The van der Waals surface area contributed by atoms with Gasteiger partial charge in [0.1, 0.15) is 0 Å². The van der Waals surface area contributed by atoms with E-state index < -0.39 is 0 Å². The van der Waals surface area contributed by atoms with Gasteiger partial charge in [-0.2, -0.15) is 0 Å². The molecule has 2 N–H and O–H groups in total. The maximum absolute atomic E-state index is 8.93. The molecule has 1 aliphatic heterocycles. The van der Waals surface area contributed by atoms with E-state index in [4.69, 9.17) is 14.6 Å². The molecule has 0 aliphatic carbocycles. The molecule has 1 aliphatic rings. The number of benzene rings is 1. The predicted molar refractivity (Wildman–Crippen MR) is 122 cm³/mol. The van der Waals surface area contributed by atoms with Gasteiger partial charge in [-0.05, 0) is 12.1 Å². The van der Waals surface area contributed by atoms with Crippen LogP contribution in [0.25, 0.3) is 0 Å². The van der Waals surface area contributed by atoms with Crippen LogP contribution >= 0.6 is 0 Å². The number of hydrogen-bond acceptors (Lipinski definition) is 7. The molecule has 7 heteroatoms. The Morgan fingerprint density at radius 1 is 0.900 bits per heavy atom. The van der Waals surface area contributed by atoms with E-state index >= 15 is 0 Å². The molecular formula is C23H42N4O3. The molecule has 0 atom stereocenters. The summed E-state index contributed by atoms with van der Waals surface area (Å²) in [6.45, 7) is 15.8. The van der Waals surface area contributed by atoms with Gasteiger partial charge in [-0.3, -0.25) is 9.80 Å². The minimum Gasteiger partial charge on any atom is -0.394 e. The van der Waals surface area contributed by atoms with Crippen molar-refractivity contribution in [1.29, 1.82) is 0 Å². The first-order valence-corrected chi connectivity index (χ1v) is 11.5. The molecule has 0 bridgehead atoms. The third-order valence-corrected chi connectivity index (χ3v) is 5.53. The zero-order chi connectivity index (χ0) is 21.3. The van der Waals surface area contributed by atoms with Crippen molar-refractivity contribution in [2.24, 2.45) is 0 Å². The maximum atomic E-state index is 8.93.